The summed E-state index contributed by atoms with van der Waals surface area (Å²) in [4.78, 5) is 23.8. The van der Waals surface area contributed by atoms with Gasteiger partial charge in [0, 0.05) is 12.6 Å². The number of anilines is 1. The maximum Gasteiger partial charge on any atom is 0.305 e. The van der Waals surface area contributed by atoms with Crippen LogP contribution in [0.3, 0.4) is 0 Å². The molecule has 0 aliphatic rings. The summed E-state index contributed by atoms with van der Waals surface area (Å²) in [5.74, 6) is -1.56. The van der Waals surface area contributed by atoms with E-state index in [4.69, 9.17) is 10.8 Å². The zero-order chi connectivity index (χ0) is 13.0. The Morgan fingerprint density at radius 3 is 2.53 bits per heavy atom. The van der Waals surface area contributed by atoms with Crippen molar-refractivity contribution in [3.63, 3.8) is 0 Å². The molecule has 1 amide bonds. The Bertz CT molecular complexity index is 415. The smallest absolute Gasteiger partial charge is 0.305 e. The summed E-state index contributed by atoms with van der Waals surface area (Å²) in [5, 5.41) is 15.3. The van der Waals surface area contributed by atoms with Gasteiger partial charge in [0.2, 0.25) is 11.5 Å². The second-order valence-corrected chi connectivity index (χ2v) is 3.73. The highest BCUT2D eigenvalue weighted by molar-refractivity contribution is 5.96. The second kappa shape index (κ2) is 5.28. The Labute approximate surface area is 97.3 Å². The summed E-state index contributed by atoms with van der Waals surface area (Å²) >= 11 is 0. The molecule has 0 aliphatic heterocycles. The van der Waals surface area contributed by atoms with Crippen molar-refractivity contribution < 1.29 is 19.3 Å². The zero-order valence-corrected chi connectivity index (χ0v) is 9.58. The van der Waals surface area contributed by atoms with E-state index < -0.39 is 11.9 Å². The number of hydrogen-bond donors (Lipinski definition) is 2. The lowest BCUT2D eigenvalue weighted by molar-refractivity contribution is -0.137. The number of nitrogens with two attached hydrogens (primary N) is 1. The van der Waals surface area contributed by atoms with Crippen LogP contribution in [-0.4, -0.2) is 44.8 Å². The van der Waals surface area contributed by atoms with Gasteiger partial charge in [0.05, 0.1) is 6.42 Å². The van der Waals surface area contributed by atoms with Crippen molar-refractivity contribution >= 4 is 17.7 Å². The third kappa shape index (κ3) is 3.16. The molecule has 17 heavy (non-hydrogen) atoms. The van der Waals surface area contributed by atoms with E-state index >= 15 is 0 Å². The Kier molecular flexibility index (Phi) is 4.02. The summed E-state index contributed by atoms with van der Waals surface area (Å²) in [6.07, 6.45) is -0.144. The van der Waals surface area contributed by atoms with Crippen molar-refractivity contribution in [2.24, 2.45) is 0 Å². The van der Waals surface area contributed by atoms with Gasteiger partial charge < -0.3 is 15.7 Å². The summed E-state index contributed by atoms with van der Waals surface area (Å²) in [6.45, 7) is 3.62. The molecule has 1 aromatic heterocycles. The van der Waals surface area contributed by atoms with E-state index in [2.05, 4.69) is 14.9 Å². The minimum Gasteiger partial charge on any atom is -0.481 e. The maximum atomic E-state index is 12.0. The van der Waals surface area contributed by atoms with Crippen LogP contribution in [0.5, 0.6) is 0 Å². The summed E-state index contributed by atoms with van der Waals surface area (Å²) in [6, 6.07) is -0.169. The summed E-state index contributed by atoms with van der Waals surface area (Å²) < 4.78 is 4.33. The summed E-state index contributed by atoms with van der Waals surface area (Å²) in [5.41, 5.74) is 5.31. The number of rotatable bonds is 5. The molecule has 0 unspecified atom stereocenters. The van der Waals surface area contributed by atoms with Gasteiger partial charge in [-0.15, -0.1) is 0 Å². The number of carbonyl (C=O) groups is 2. The van der Waals surface area contributed by atoms with Crippen molar-refractivity contribution in [1.82, 2.24) is 15.2 Å². The number of aliphatic carboxylic acids is 1. The van der Waals surface area contributed by atoms with Crippen molar-refractivity contribution in [2.75, 3.05) is 12.3 Å². The molecule has 0 fully saturated rings. The Balaban J connectivity index is 2.81. The molecule has 8 heteroatoms. The molecule has 0 bridgehead atoms. The number of carboxylic acids is 1. The lowest BCUT2D eigenvalue weighted by atomic mass is 10.2. The molecule has 8 nitrogen and oxygen atoms in total. The first kappa shape index (κ1) is 12.9. The molecule has 0 radical (unpaired) electrons. The van der Waals surface area contributed by atoms with E-state index in [1.165, 1.54) is 4.90 Å². The number of carboxylic acid groups (broad SMARTS) is 1. The molecule has 0 aliphatic carbocycles. The first-order chi connectivity index (χ1) is 7.93. The highest BCUT2D eigenvalue weighted by Gasteiger charge is 2.25. The number of aromatic nitrogens is 2. The van der Waals surface area contributed by atoms with Crippen LogP contribution in [0, 0.1) is 0 Å². The molecule has 3 N–H and O–H groups in total. The van der Waals surface area contributed by atoms with Crippen LogP contribution in [0.2, 0.25) is 0 Å². The fourth-order valence-electron chi connectivity index (χ4n) is 1.29. The van der Waals surface area contributed by atoms with E-state index in [0.717, 1.165) is 0 Å². The van der Waals surface area contributed by atoms with E-state index in [1.54, 1.807) is 13.8 Å². The van der Waals surface area contributed by atoms with Crippen molar-refractivity contribution in [3.8, 4) is 0 Å². The monoisotopic (exact) mass is 242 g/mol. The van der Waals surface area contributed by atoms with Crippen LogP contribution in [0.4, 0.5) is 5.82 Å². The summed E-state index contributed by atoms with van der Waals surface area (Å²) in [7, 11) is 0. The average molecular weight is 242 g/mol. The lowest BCUT2D eigenvalue weighted by Gasteiger charge is -2.24. The van der Waals surface area contributed by atoms with Gasteiger partial charge in [-0.3, -0.25) is 9.59 Å². The quantitative estimate of drug-likeness (QED) is 0.743. The van der Waals surface area contributed by atoms with Crippen molar-refractivity contribution in [1.29, 1.82) is 0 Å². The number of nitrogens with zero attached hydrogens (tertiary/aromatic N) is 3. The van der Waals surface area contributed by atoms with Crippen LogP contribution in [0.25, 0.3) is 0 Å². The average Bonchev–Trinajstić information content (AvgIpc) is 2.63. The van der Waals surface area contributed by atoms with Crippen molar-refractivity contribution in [3.05, 3.63) is 5.69 Å². The molecule has 0 atom stereocenters. The Hall–Kier alpha value is -2.12. The van der Waals surface area contributed by atoms with E-state index in [9.17, 15) is 9.59 Å². The van der Waals surface area contributed by atoms with Gasteiger partial charge in [-0.05, 0) is 24.2 Å². The molecular weight excluding hydrogens is 228 g/mol. The van der Waals surface area contributed by atoms with E-state index in [-0.39, 0.29) is 30.5 Å². The molecule has 0 aromatic carbocycles. The molecule has 0 spiro atoms. The van der Waals surface area contributed by atoms with Gasteiger partial charge in [0.1, 0.15) is 0 Å². The van der Waals surface area contributed by atoms with Gasteiger partial charge in [0.15, 0.2) is 0 Å². The Morgan fingerprint density at radius 2 is 2.12 bits per heavy atom. The molecule has 1 aromatic rings. The fourth-order valence-corrected chi connectivity index (χ4v) is 1.29. The SMILES string of the molecule is CC(C)N(CCC(=O)O)C(=O)c1nonc1N. The van der Waals surface area contributed by atoms with Gasteiger partial charge in [-0.25, -0.2) is 4.63 Å². The highest BCUT2D eigenvalue weighted by atomic mass is 16.6. The minimum atomic E-state index is -0.977. The van der Waals surface area contributed by atoms with Crippen LogP contribution >= 0.6 is 0 Å². The number of carbonyl (C=O) groups excluding carboxylic acids is 1. The van der Waals surface area contributed by atoms with E-state index in [1.807, 2.05) is 0 Å². The molecule has 0 saturated carbocycles. The molecule has 1 rings (SSSR count). The van der Waals surface area contributed by atoms with Gasteiger partial charge in [0.25, 0.3) is 5.91 Å². The van der Waals surface area contributed by atoms with Crippen molar-refractivity contribution in [2.45, 2.75) is 26.3 Å². The highest BCUT2D eigenvalue weighted by Crippen LogP contribution is 2.11. The van der Waals surface area contributed by atoms with E-state index in [0.29, 0.717) is 0 Å². The molecule has 0 saturated heterocycles. The largest absolute Gasteiger partial charge is 0.481 e. The third-order valence-corrected chi connectivity index (χ3v) is 2.17. The third-order valence-electron chi connectivity index (χ3n) is 2.17. The number of hydrogen-bond acceptors (Lipinski definition) is 6. The van der Waals surface area contributed by atoms with Crippen LogP contribution in [-0.2, 0) is 4.79 Å². The van der Waals surface area contributed by atoms with Gasteiger partial charge in [-0.1, -0.05) is 0 Å². The maximum absolute atomic E-state index is 12.0. The zero-order valence-electron chi connectivity index (χ0n) is 9.58. The number of amides is 1. The lowest BCUT2D eigenvalue weighted by Crippen LogP contribution is -2.39. The van der Waals surface area contributed by atoms with Crippen LogP contribution in [0.1, 0.15) is 30.8 Å². The standard InChI is InChI=1S/C9H14N4O4/c1-5(2)13(4-3-6(14)15)9(16)7-8(10)12-17-11-7/h5H,3-4H2,1-2H3,(H2,10,12)(H,14,15). The fraction of sp³-hybridized carbons (Fsp3) is 0.556. The van der Waals surface area contributed by atoms with Gasteiger partial charge in [-0.2, -0.15) is 0 Å². The molecule has 1 heterocycles. The number of nitrogen functional groups attached to an aromatic ring is 1. The first-order valence-electron chi connectivity index (χ1n) is 5.04. The topological polar surface area (TPSA) is 123 Å². The normalized spacial score (nSPS) is 10.5. The Morgan fingerprint density at radius 1 is 1.47 bits per heavy atom. The second-order valence-electron chi connectivity index (χ2n) is 3.73. The predicted octanol–water partition coefficient (Wildman–Crippen LogP) is -0.0229. The molecule has 94 valence electrons. The van der Waals surface area contributed by atoms with Crippen LogP contribution in [0.15, 0.2) is 4.63 Å². The molecular formula is C9H14N4O4. The predicted molar refractivity (Wildman–Crippen MR) is 57.1 cm³/mol. The van der Waals surface area contributed by atoms with Gasteiger partial charge >= 0.3 is 5.97 Å². The van der Waals surface area contributed by atoms with Crippen LogP contribution < -0.4 is 5.73 Å². The minimum absolute atomic E-state index is 0.0815. The first-order valence-corrected chi connectivity index (χ1v) is 5.04.